The van der Waals surface area contributed by atoms with E-state index in [1.165, 1.54) is 23.5 Å². The van der Waals surface area contributed by atoms with Crippen LogP contribution in [0.4, 0.5) is 5.13 Å². The Morgan fingerprint density at radius 3 is 2.69 bits per heavy atom. The zero-order chi connectivity index (χ0) is 22.5. The number of carbonyl (C=O) groups is 1. The number of hydrogen-bond donors (Lipinski definition) is 2. The molecule has 0 radical (unpaired) electrons. The Balaban J connectivity index is 1.34. The summed E-state index contributed by atoms with van der Waals surface area (Å²) in [5.74, 6) is 0.631. The van der Waals surface area contributed by atoms with Crippen LogP contribution >= 0.6 is 46.8 Å². The molecule has 2 heterocycles. The average molecular weight is 500 g/mol. The minimum Gasteiger partial charge on any atom is -0.457 e. The number of nitrogens with zero attached hydrogens (tertiary/aromatic N) is 1. The van der Waals surface area contributed by atoms with Crippen molar-refractivity contribution in [2.75, 3.05) is 5.32 Å². The molecule has 9 heteroatoms. The molecule has 0 fully saturated rings. The second-order valence-corrected chi connectivity index (χ2v) is 8.54. The summed E-state index contributed by atoms with van der Waals surface area (Å²) in [6.07, 6.45) is 2.87. The highest BCUT2D eigenvalue weighted by Gasteiger charge is 2.11. The fourth-order valence-electron chi connectivity index (χ4n) is 2.79. The van der Waals surface area contributed by atoms with E-state index in [9.17, 15) is 4.79 Å². The van der Waals surface area contributed by atoms with E-state index in [0.717, 1.165) is 11.3 Å². The lowest BCUT2D eigenvalue weighted by molar-refractivity contribution is -0.115. The topological polar surface area (TPSA) is 67.2 Å². The lowest BCUT2D eigenvalue weighted by Crippen LogP contribution is -2.32. The predicted molar refractivity (Wildman–Crippen MR) is 135 cm³/mol. The number of aromatic nitrogens is 1. The van der Waals surface area contributed by atoms with Crippen molar-refractivity contribution < 1.29 is 9.21 Å². The second kappa shape index (κ2) is 10.1. The van der Waals surface area contributed by atoms with Crippen LogP contribution in [0, 0.1) is 0 Å². The van der Waals surface area contributed by atoms with Crippen LogP contribution < -0.4 is 10.6 Å². The maximum absolute atomic E-state index is 12.2. The van der Waals surface area contributed by atoms with Gasteiger partial charge in [0.2, 0.25) is 5.91 Å². The van der Waals surface area contributed by atoms with Gasteiger partial charge in [-0.05, 0) is 42.6 Å². The van der Waals surface area contributed by atoms with E-state index in [0.29, 0.717) is 32.3 Å². The highest BCUT2D eigenvalue weighted by atomic mass is 35.5. The van der Waals surface area contributed by atoms with Crippen LogP contribution in [0.25, 0.3) is 28.7 Å². The van der Waals surface area contributed by atoms with Crippen LogP contribution in [0.15, 0.2) is 76.5 Å². The number of rotatable bonds is 5. The minimum atomic E-state index is -0.402. The van der Waals surface area contributed by atoms with Gasteiger partial charge in [0.1, 0.15) is 11.5 Å². The van der Waals surface area contributed by atoms with Crippen molar-refractivity contribution in [1.82, 2.24) is 10.3 Å². The first-order chi connectivity index (χ1) is 15.5. The van der Waals surface area contributed by atoms with Crippen molar-refractivity contribution >= 4 is 69.0 Å². The van der Waals surface area contributed by atoms with Gasteiger partial charge in [-0.25, -0.2) is 4.98 Å². The van der Waals surface area contributed by atoms with Crippen LogP contribution in [-0.4, -0.2) is 16.0 Å². The number of halogens is 2. The Hall–Kier alpha value is -2.97. The van der Waals surface area contributed by atoms with Crippen molar-refractivity contribution in [3.63, 3.8) is 0 Å². The Morgan fingerprint density at radius 2 is 1.88 bits per heavy atom. The summed E-state index contributed by atoms with van der Waals surface area (Å²) < 4.78 is 5.73. The van der Waals surface area contributed by atoms with E-state index in [2.05, 4.69) is 15.6 Å². The fraction of sp³-hybridized carbons (Fsp3) is 0. The van der Waals surface area contributed by atoms with Crippen LogP contribution in [0.2, 0.25) is 10.0 Å². The van der Waals surface area contributed by atoms with E-state index >= 15 is 0 Å². The van der Waals surface area contributed by atoms with Gasteiger partial charge in [-0.3, -0.25) is 10.1 Å². The molecule has 0 aliphatic carbocycles. The number of nitrogens with one attached hydrogen (secondary N) is 2. The highest BCUT2D eigenvalue weighted by molar-refractivity contribution is 7.80. The summed E-state index contributed by atoms with van der Waals surface area (Å²) in [5.41, 5.74) is 2.51. The molecule has 0 spiro atoms. The molecule has 160 valence electrons. The van der Waals surface area contributed by atoms with Crippen molar-refractivity contribution in [3.05, 3.63) is 87.9 Å². The van der Waals surface area contributed by atoms with Gasteiger partial charge in [-0.1, -0.05) is 59.6 Å². The number of benzene rings is 2. The van der Waals surface area contributed by atoms with Crippen LogP contribution in [0.3, 0.4) is 0 Å². The van der Waals surface area contributed by atoms with Gasteiger partial charge in [0.25, 0.3) is 0 Å². The molecular weight excluding hydrogens is 485 g/mol. The number of carbonyl (C=O) groups excluding carboxylic acids is 1. The molecule has 2 N–H and O–H groups in total. The number of thiocarbonyl (C=S) groups is 1. The van der Waals surface area contributed by atoms with Gasteiger partial charge >= 0.3 is 0 Å². The fourth-order valence-corrected chi connectivity index (χ4v) is 4.17. The molecule has 0 aliphatic rings. The van der Waals surface area contributed by atoms with E-state index in [1.54, 1.807) is 30.3 Å². The maximum atomic E-state index is 12.2. The Labute approximate surface area is 203 Å². The molecule has 2 aromatic carbocycles. The van der Waals surface area contributed by atoms with Gasteiger partial charge in [0.05, 0.1) is 15.7 Å². The number of anilines is 1. The largest absolute Gasteiger partial charge is 0.457 e. The monoisotopic (exact) mass is 499 g/mol. The van der Waals surface area contributed by atoms with E-state index in [-0.39, 0.29) is 5.11 Å². The smallest absolute Gasteiger partial charge is 0.250 e. The molecule has 4 aromatic rings. The number of amides is 1. The summed E-state index contributed by atoms with van der Waals surface area (Å²) >= 11 is 18.9. The summed E-state index contributed by atoms with van der Waals surface area (Å²) in [5, 5.41) is 9.01. The minimum absolute atomic E-state index is 0.152. The number of thiazole rings is 1. The highest BCUT2D eigenvalue weighted by Crippen LogP contribution is 2.34. The Kier molecular flexibility index (Phi) is 7.02. The van der Waals surface area contributed by atoms with Gasteiger partial charge in [0, 0.05) is 22.6 Å². The van der Waals surface area contributed by atoms with Gasteiger partial charge in [-0.15, -0.1) is 11.3 Å². The third-order valence-corrected chi connectivity index (χ3v) is 6.05. The van der Waals surface area contributed by atoms with Crippen molar-refractivity contribution in [2.45, 2.75) is 0 Å². The molecule has 4 rings (SSSR count). The summed E-state index contributed by atoms with van der Waals surface area (Å²) in [7, 11) is 0. The zero-order valence-corrected chi connectivity index (χ0v) is 19.5. The van der Waals surface area contributed by atoms with E-state index in [4.69, 9.17) is 39.8 Å². The van der Waals surface area contributed by atoms with Gasteiger partial charge in [0.15, 0.2) is 10.2 Å². The molecule has 0 bridgehead atoms. The summed E-state index contributed by atoms with van der Waals surface area (Å²) in [6.45, 7) is 0. The molecule has 0 aliphatic heterocycles. The molecule has 32 heavy (non-hydrogen) atoms. The first-order valence-corrected chi connectivity index (χ1v) is 11.4. The first kappa shape index (κ1) is 22.2. The van der Waals surface area contributed by atoms with Crippen molar-refractivity contribution in [2.24, 2.45) is 0 Å². The lowest BCUT2D eigenvalue weighted by atomic mass is 10.2. The third kappa shape index (κ3) is 5.44. The quantitative estimate of drug-likeness (QED) is 0.230. The molecule has 1 amide bonds. The zero-order valence-electron chi connectivity index (χ0n) is 16.3. The molecule has 0 unspecified atom stereocenters. The summed E-state index contributed by atoms with van der Waals surface area (Å²) in [4.78, 5) is 16.7. The lowest BCUT2D eigenvalue weighted by Gasteiger charge is -2.04. The summed E-state index contributed by atoms with van der Waals surface area (Å²) in [6, 6.07) is 18.6. The van der Waals surface area contributed by atoms with Crippen LogP contribution in [0.5, 0.6) is 0 Å². The maximum Gasteiger partial charge on any atom is 0.250 e. The average Bonchev–Trinajstić information content (AvgIpc) is 3.44. The molecular formula is C23H15Cl2N3O2S2. The second-order valence-electron chi connectivity index (χ2n) is 6.48. The van der Waals surface area contributed by atoms with Crippen molar-refractivity contribution in [1.29, 1.82) is 0 Å². The van der Waals surface area contributed by atoms with Crippen LogP contribution in [-0.2, 0) is 4.79 Å². The van der Waals surface area contributed by atoms with Gasteiger partial charge < -0.3 is 9.73 Å². The number of furan rings is 1. The molecule has 0 saturated heterocycles. The van der Waals surface area contributed by atoms with Crippen LogP contribution in [0.1, 0.15) is 5.76 Å². The molecule has 0 saturated carbocycles. The Bertz CT molecular complexity index is 1300. The normalized spacial score (nSPS) is 10.9. The Morgan fingerprint density at radius 1 is 1.06 bits per heavy atom. The molecule has 2 aromatic heterocycles. The van der Waals surface area contributed by atoms with Gasteiger partial charge in [-0.2, -0.15) is 0 Å². The number of hydrogen-bond acceptors (Lipinski definition) is 5. The van der Waals surface area contributed by atoms with E-state index < -0.39 is 5.91 Å². The molecule has 5 nitrogen and oxygen atoms in total. The standard InChI is InChI=1S/C23H15Cl2N3O2S2/c24-17-8-4-7-16(21(17)25)19-11-9-15(30-19)10-12-20(29)27-22(31)28-23-26-18(13-32-23)14-5-2-1-3-6-14/h1-13H,(H2,26,27,28,29,31). The predicted octanol–water partition coefficient (Wildman–Crippen LogP) is 6.90. The molecule has 0 atom stereocenters. The van der Waals surface area contributed by atoms with Crippen molar-refractivity contribution in [3.8, 4) is 22.6 Å². The third-order valence-electron chi connectivity index (χ3n) is 4.27. The van der Waals surface area contributed by atoms with E-state index in [1.807, 2.05) is 35.7 Å². The SMILES string of the molecule is O=C(C=Cc1ccc(-c2cccc(Cl)c2Cl)o1)NC(=S)Nc1nc(-c2ccccc2)cs1. The first-order valence-electron chi connectivity index (χ1n) is 9.35.